The van der Waals surface area contributed by atoms with Crippen molar-refractivity contribution in [3.63, 3.8) is 0 Å². The summed E-state index contributed by atoms with van der Waals surface area (Å²) in [5.41, 5.74) is 3.70. The number of fused-ring (bicyclic) bond motifs is 2. The maximum absolute atomic E-state index is 12.9. The summed E-state index contributed by atoms with van der Waals surface area (Å²) in [7, 11) is 0. The first kappa shape index (κ1) is 31.2. The van der Waals surface area contributed by atoms with E-state index in [1.54, 1.807) is 0 Å². The maximum Gasteiger partial charge on any atom is 1.00 e. The molecule has 0 spiro atoms. The van der Waals surface area contributed by atoms with Crippen LogP contribution in [0.25, 0.3) is 21.8 Å². The fourth-order valence-corrected chi connectivity index (χ4v) is 5.55. The van der Waals surface area contributed by atoms with Crippen molar-refractivity contribution < 1.29 is 50.4 Å². The molecule has 4 aromatic carbocycles. The van der Waals surface area contributed by atoms with Gasteiger partial charge in [0.05, 0.1) is 22.4 Å². The average molecular weight is 593 g/mol. The van der Waals surface area contributed by atoms with E-state index in [0.29, 0.717) is 48.7 Å². The van der Waals surface area contributed by atoms with Gasteiger partial charge in [-0.05, 0) is 66.1 Å². The summed E-state index contributed by atoms with van der Waals surface area (Å²) in [6, 6.07) is 38.6. The SMILES string of the molecule is CCCC(C(=O)O)(c1ccc(OCc2ccc3ccccc3n2)cc1)c1ccc(OCc2ccc3ccccc3n2)cc1.[H-].[Na+]. The van der Waals surface area contributed by atoms with Crippen LogP contribution >= 0.6 is 0 Å². The van der Waals surface area contributed by atoms with Crippen molar-refractivity contribution in [1.29, 1.82) is 0 Å². The number of carboxylic acid groups (broad SMARTS) is 1. The minimum absolute atomic E-state index is 0. The number of ether oxygens (including phenoxy) is 2. The monoisotopic (exact) mass is 592 g/mol. The number of hydrogen-bond donors (Lipinski definition) is 1. The number of benzene rings is 4. The molecule has 7 heteroatoms. The number of aromatic nitrogens is 2. The molecule has 0 radical (unpaired) electrons. The molecule has 6 aromatic rings. The predicted molar refractivity (Wildman–Crippen MR) is 169 cm³/mol. The fourth-order valence-electron chi connectivity index (χ4n) is 5.55. The minimum Gasteiger partial charge on any atom is -1.00 e. The number of rotatable bonds is 11. The fraction of sp³-hybridized carbons (Fsp3) is 0.162. The van der Waals surface area contributed by atoms with Gasteiger partial charge >= 0.3 is 35.5 Å². The molecule has 0 unspecified atom stereocenters. The van der Waals surface area contributed by atoms with E-state index in [1.165, 1.54) is 0 Å². The third kappa shape index (κ3) is 6.63. The van der Waals surface area contributed by atoms with Crippen molar-refractivity contribution in [2.75, 3.05) is 0 Å². The van der Waals surface area contributed by atoms with Crippen molar-refractivity contribution in [3.8, 4) is 11.5 Å². The van der Waals surface area contributed by atoms with Gasteiger partial charge in [-0.2, -0.15) is 0 Å². The van der Waals surface area contributed by atoms with E-state index in [0.717, 1.165) is 33.2 Å². The van der Waals surface area contributed by atoms with Crippen LogP contribution in [0.4, 0.5) is 0 Å². The van der Waals surface area contributed by atoms with Crippen LogP contribution in [0, 0.1) is 0 Å². The van der Waals surface area contributed by atoms with Crippen molar-refractivity contribution in [3.05, 3.63) is 144 Å². The first-order chi connectivity index (χ1) is 21.0. The van der Waals surface area contributed by atoms with Gasteiger partial charge in [-0.25, -0.2) is 9.97 Å². The Bertz CT molecular complexity index is 1750. The normalized spacial score (nSPS) is 11.2. The Hall–Kier alpha value is -4.23. The molecule has 0 atom stereocenters. The molecule has 6 nitrogen and oxygen atoms in total. The number of hydrogen-bond acceptors (Lipinski definition) is 5. The van der Waals surface area contributed by atoms with Crippen LogP contribution in [0.5, 0.6) is 11.5 Å². The Morgan fingerprint density at radius 3 is 1.50 bits per heavy atom. The number of pyridine rings is 2. The van der Waals surface area contributed by atoms with Gasteiger partial charge in [-0.1, -0.05) is 86.1 Å². The van der Waals surface area contributed by atoms with E-state index in [4.69, 9.17) is 9.47 Å². The maximum atomic E-state index is 12.9. The van der Waals surface area contributed by atoms with Crippen LogP contribution in [0.3, 0.4) is 0 Å². The van der Waals surface area contributed by atoms with Crippen molar-refractivity contribution in [1.82, 2.24) is 9.97 Å². The van der Waals surface area contributed by atoms with Crippen LogP contribution in [0.15, 0.2) is 121 Å². The van der Waals surface area contributed by atoms with Crippen molar-refractivity contribution in [2.45, 2.75) is 38.4 Å². The van der Waals surface area contributed by atoms with Crippen LogP contribution in [0.1, 0.15) is 43.7 Å². The van der Waals surface area contributed by atoms with E-state index < -0.39 is 11.4 Å². The first-order valence-electron chi connectivity index (χ1n) is 14.4. The summed E-state index contributed by atoms with van der Waals surface area (Å²) in [6.07, 6.45) is 1.15. The zero-order chi connectivity index (χ0) is 29.6. The molecule has 0 aliphatic heterocycles. The summed E-state index contributed by atoms with van der Waals surface area (Å²) in [5, 5.41) is 12.8. The molecule has 44 heavy (non-hydrogen) atoms. The minimum atomic E-state index is -1.20. The Labute approximate surface area is 280 Å². The standard InChI is InChI=1S/C37H32N2O4.Na.H/c1-2-23-37(36(40)41,28-13-19-32(20-14-28)42-24-30-17-11-26-7-3-5-9-34(26)38-30)29-15-21-33(22-16-29)43-25-31-18-12-27-8-4-6-10-35(27)39-31;;/h3-22H,2,23-25H2,1H3,(H,40,41);;/q;+1;-1. The van der Waals surface area contributed by atoms with Gasteiger partial charge < -0.3 is 16.0 Å². The van der Waals surface area contributed by atoms with Gasteiger partial charge in [0.25, 0.3) is 0 Å². The Balaban J connectivity index is 0.00000230. The second-order valence-corrected chi connectivity index (χ2v) is 10.6. The van der Waals surface area contributed by atoms with Gasteiger partial charge in [-0.3, -0.25) is 4.79 Å². The van der Waals surface area contributed by atoms with Crippen LogP contribution in [0.2, 0.25) is 0 Å². The molecule has 0 saturated heterocycles. The zero-order valence-corrected chi connectivity index (χ0v) is 26.9. The zero-order valence-electron chi connectivity index (χ0n) is 25.9. The summed E-state index contributed by atoms with van der Waals surface area (Å²) < 4.78 is 12.0. The van der Waals surface area contributed by atoms with Crippen molar-refractivity contribution >= 4 is 27.8 Å². The average Bonchev–Trinajstić information content (AvgIpc) is 3.05. The van der Waals surface area contributed by atoms with Gasteiger partial charge in [0, 0.05) is 10.8 Å². The summed E-state index contributed by atoms with van der Waals surface area (Å²) in [5.74, 6) is 0.415. The molecule has 0 amide bonds. The molecule has 0 saturated carbocycles. The molecule has 0 bridgehead atoms. The largest absolute Gasteiger partial charge is 1.00 e. The Morgan fingerprint density at radius 1 is 0.659 bits per heavy atom. The number of carboxylic acids is 1. The molecule has 0 fully saturated rings. The van der Waals surface area contributed by atoms with Gasteiger partial charge in [0.1, 0.15) is 30.1 Å². The van der Waals surface area contributed by atoms with E-state index in [1.807, 2.05) is 128 Å². The van der Waals surface area contributed by atoms with Gasteiger partial charge in [0.15, 0.2) is 0 Å². The molecule has 2 aromatic heterocycles. The number of aliphatic carboxylic acids is 1. The number of para-hydroxylation sites is 2. The molecule has 1 N–H and O–H groups in total. The van der Waals surface area contributed by atoms with E-state index in [9.17, 15) is 9.90 Å². The van der Waals surface area contributed by atoms with Crippen LogP contribution in [-0.2, 0) is 23.4 Å². The summed E-state index contributed by atoms with van der Waals surface area (Å²) in [6.45, 7) is 2.64. The van der Waals surface area contributed by atoms with Crippen molar-refractivity contribution in [2.24, 2.45) is 0 Å². The summed E-state index contributed by atoms with van der Waals surface area (Å²) in [4.78, 5) is 22.3. The van der Waals surface area contributed by atoms with E-state index in [2.05, 4.69) is 9.97 Å². The molecular formula is C37H33N2NaO4. The molecule has 0 aliphatic rings. The van der Waals surface area contributed by atoms with Gasteiger partial charge in [-0.15, -0.1) is 0 Å². The topological polar surface area (TPSA) is 81.5 Å². The third-order valence-corrected chi connectivity index (χ3v) is 7.77. The summed E-state index contributed by atoms with van der Waals surface area (Å²) >= 11 is 0. The molecule has 2 heterocycles. The second kappa shape index (κ2) is 14.0. The molecular weight excluding hydrogens is 559 g/mol. The molecule has 216 valence electrons. The van der Waals surface area contributed by atoms with Gasteiger partial charge in [0.2, 0.25) is 0 Å². The van der Waals surface area contributed by atoms with E-state index >= 15 is 0 Å². The Kier molecular flexibility index (Phi) is 9.95. The number of carbonyl (C=O) groups is 1. The first-order valence-corrected chi connectivity index (χ1v) is 14.4. The quantitative estimate of drug-likeness (QED) is 0.208. The van der Waals surface area contributed by atoms with Crippen LogP contribution < -0.4 is 39.0 Å². The predicted octanol–water partition coefficient (Wildman–Crippen LogP) is 5.23. The smallest absolute Gasteiger partial charge is 1.00 e. The third-order valence-electron chi connectivity index (χ3n) is 7.77. The molecule has 6 rings (SSSR count). The molecule has 0 aliphatic carbocycles. The second-order valence-electron chi connectivity index (χ2n) is 10.6. The van der Waals surface area contributed by atoms with E-state index in [-0.39, 0.29) is 31.0 Å². The Morgan fingerprint density at radius 2 is 1.09 bits per heavy atom. The number of nitrogens with zero attached hydrogens (tertiary/aromatic N) is 2. The van der Waals surface area contributed by atoms with Crippen LogP contribution in [-0.4, -0.2) is 21.0 Å².